The summed E-state index contributed by atoms with van der Waals surface area (Å²) in [6.45, 7) is 3.99. The minimum Gasteiger partial charge on any atom is -0.295 e. The molecule has 0 saturated carbocycles. The Bertz CT molecular complexity index is 286. The first-order chi connectivity index (χ1) is 6.66. The van der Waals surface area contributed by atoms with E-state index in [1.165, 1.54) is 11.5 Å². The van der Waals surface area contributed by atoms with E-state index in [0.717, 1.165) is 24.4 Å². The van der Waals surface area contributed by atoms with Gasteiger partial charge in [-0.2, -0.15) is 0 Å². The van der Waals surface area contributed by atoms with Gasteiger partial charge in [-0.3, -0.25) is 4.90 Å². The van der Waals surface area contributed by atoms with Crippen molar-refractivity contribution >= 4 is 11.5 Å². The third kappa shape index (κ3) is 2.48. The van der Waals surface area contributed by atoms with E-state index in [1.807, 2.05) is 0 Å². The SMILES string of the molecule is CC1(F)CCCN(Cc2cnns2)C1. The first kappa shape index (κ1) is 9.98. The molecule has 1 fully saturated rings. The number of nitrogens with zero attached hydrogens (tertiary/aromatic N) is 3. The average Bonchev–Trinajstić information content (AvgIpc) is 2.54. The van der Waals surface area contributed by atoms with Crippen LogP contribution in [0.2, 0.25) is 0 Å². The van der Waals surface area contributed by atoms with Gasteiger partial charge in [0.05, 0.1) is 11.1 Å². The standard InChI is InChI=1S/C9H14FN3S/c1-9(10)3-2-4-13(7-9)6-8-5-11-12-14-8/h5H,2-4,6-7H2,1H3. The van der Waals surface area contributed by atoms with Crippen molar-refractivity contribution < 1.29 is 4.39 Å². The molecule has 1 aromatic heterocycles. The van der Waals surface area contributed by atoms with Gasteiger partial charge in [0.25, 0.3) is 0 Å². The fourth-order valence-electron chi connectivity index (χ4n) is 1.91. The molecule has 0 aliphatic carbocycles. The van der Waals surface area contributed by atoms with E-state index in [-0.39, 0.29) is 0 Å². The van der Waals surface area contributed by atoms with E-state index in [9.17, 15) is 4.39 Å². The Kier molecular flexibility index (Phi) is 2.78. The van der Waals surface area contributed by atoms with Crippen LogP contribution in [0.1, 0.15) is 24.6 Å². The summed E-state index contributed by atoms with van der Waals surface area (Å²) in [6.07, 6.45) is 3.39. The third-order valence-corrected chi connectivity index (χ3v) is 3.16. The molecule has 0 N–H and O–H groups in total. The molecule has 0 aromatic carbocycles. The fraction of sp³-hybridized carbons (Fsp3) is 0.778. The van der Waals surface area contributed by atoms with E-state index in [2.05, 4.69) is 14.5 Å². The van der Waals surface area contributed by atoms with Crippen LogP contribution in [-0.4, -0.2) is 33.2 Å². The Morgan fingerprint density at radius 2 is 2.57 bits per heavy atom. The van der Waals surface area contributed by atoms with Crippen LogP contribution in [0.25, 0.3) is 0 Å². The number of hydrogen-bond donors (Lipinski definition) is 0. The summed E-state index contributed by atoms with van der Waals surface area (Å²) in [7, 11) is 0. The molecule has 2 heterocycles. The molecule has 0 spiro atoms. The lowest BCUT2D eigenvalue weighted by Gasteiger charge is -2.34. The molecule has 3 nitrogen and oxygen atoms in total. The van der Waals surface area contributed by atoms with Gasteiger partial charge in [0.1, 0.15) is 5.67 Å². The Balaban J connectivity index is 1.92. The second-order valence-electron chi connectivity index (χ2n) is 4.11. The third-order valence-electron chi connectivity index (χ3n) is 2.51. The number of rotatable bonds is 2. The highest BCUT2D eigenvalue weighted by atomic mass is 32.1. The molecule has 1 atom stereocenters. The highest BCUT2D eigenvalue weighted by molar-refractivity contribution is 7.05. The van der Waals surface area contributed by atoms with Crippen LogP contribution in [0, 0.1) is 0 Å². The van der Waals surface area contributed by atoms with Crippen LogP contribution in [0.5, 0.6) is 0 Å². The molecule has 0 amide bonds. The number of aromatic nitrogens is 2. The number of likely N-dealkylation sites (tertiary alicyclic amines) is 1. The zero-order valence-electron chi connectivity index (χ0n) is 8.24. The van der Waals surface area contributed by atoms with Crippen LogP contribution < -0.4 is 0 Å². The van der Waals surface area contributed by atoms with Gasteiger partial charge >= 0.3 is 0 Å². The quantitative estimate of drug-likeness (QED) is 0.754. The van der Waals surface area contributed by atoms with Gasteiger partial charge in [0, 0.05) is 13.1 Å². The van der Waals surface area contributed by atoms with Gasteiger partial charge in [-0.25, -0.2) is 4.39 Å². The Hall–Kier alpha value is -0.550. The van der Waals surface area contributed by atoms with Crippen LogP contribution in [0.3, 0.4) is 0 Å². The largest absolute Gasteiger partial charge is 0.295 e. The topological polar surface area (TPSA) is 29.0 Å². The summed E-state index contributed by atoms with van der Waals surface area (Å²) in [6, 6.07) is 0. The van der Waals surface area contributed by atoms with E-state index in [1.54, 1.807) is 13.1 Å². The first-order valence-corrected chi connectivity index (χ1v) is 5.61. The Labute approximate surface area is 87.1 Å². The summed E-state index contributed by atoms with van der Waals surface area (Å²) in [5.74, 6) is 0. The van der Waals surface area contributed by atoms with Gasteiger partial charge in [-0.15, -0.1) is 5.10 Å². The number of alkyl halides is 1. The summed E-state index contributed by atoms with van der Waals surface area (Å²) < 4.78 is 17.5. The molecule has 1 saturated heterocycles. The molecule has 0 bridgehead atoms. The minimum absolute atomic E-state index is 0.533. The van der Waals surface area contributed by atoms with Crippen molar-refractivity contribution in [2.45, 2.75) is 32.0 Å². The molecule has 1 aliphatic rings. The van der Waals surface area contributed by atoms with Crippen LogP contribution in [0.4, 0.5) is 4.39 Å². The Morgan fingerprint density at radius 1 is 1.71 bits per heavy atom. The van der Waals surface area contributed by atoms with Crippen molar-refractivity contribution in [3.63, 3.8) is 0 Å². The highest BCUT2D eigenvalue weighted by Gasteiger charge is 2.30. The van der Waals surface area contributed by atoms with Gasteiger partial charge in [0.2, 0.25) is 0 Å². The lowest BCUT2D eigenvalue weighted by atomic mass is 9.97. The second kappa shape index (κ2) is 3.90. The predicted octanol–water partition coefficient (Wildman–Crippen LogP) is 1.86. The van der Waals surface area contributed by atoms with Crippen molar-refractivity contribution in [3.8, 4) is 0 Å². The molecule has 0 radical (unpaired) electrons. The van der Waals surface area contributed by atoms with E-state index >= 15 is 0 Å². The number of piperidine rings is 1. The molecular weight excluding hydrogens is 201 g/mol. The zero-order valence-corrected chi connectivity index (χ0v) is 9.06. The monoisotopic (exact) mass is 215 g/mol. The van der Waals surface area contributed by atoms with Gasteiger partial charge in [-0.05, 0) is 37.8 Å². The van der Waals surface area contributed by atoms with Crippen molar-refractivity contribution in [1.82, 2.24) is 14.5 Å². The lowest BCUT2D eigenvalue weighted by Crippen LogP contribution is -2.42. The fourth-order valence-corrected chi connectivity index (χ4v) is 2.44. The minimum atomic E-state index is -1.02. The molecule has 2 rings (SSSR count). The van der Waals surface area contributed by atoms with Gasteiger partial charge in [0.15, 0.2) is 0 Å². The second-order valence-corrected chi connectivity index (χ2v) is 4.98. The van der Waals surface area contributed by atoms with E-state index in [4.69, 9.17) is 0 Å². The van der Waals surface area contributed by atoms with E-state index < -0.39 is 5.67 Å². The zero-order chi connectivity index (χ0) is 10.0. The van der Waals surface area contributed by atoms with Crippen molar-refractivity contribution in [2.24, 2.45) is 0 Å². The maximum absolute atomic E-state index is 13.7. The average molecular weight is 215 g/mol. The van der Waals surface area contributed by atoms with Gasteiger partial charge in [-0.1, -0.05) is 4.49 Å². The van der Waals surface area contributed by atoms with Crippen molar-refractivity contribution in [3.05, 3.63) is 11.1 Å². The molecule has 78 valence electrons. The number of hydrogen-bond acceptors (Lipinski definition) is 4. The first-order valence-electron chi connectivity index (χ1n) is 4.83. The molecule has 1 unspecified atom stereocenters. The molecular formula is C9H14FN3S. The van der Waals surface area contributed by atoms with Crippen molar-refractivity contribution in [2.75, 3.05) is 13.1 Å². The van der Waals surface area contributed by atoms with Crippen LogP contribution in [0.15, 0.2) is 6.20 Å². The van der Waals surface area contributed by atoms with Crippen molar-refractivity contribution in [1.29, 1.82) is 0 Å². The lowest BCUT2D eigenvalue weighted by molar-refractivity contribution is 0.0568. The van der Waals surface area contributed by atoms with Crippen LogP contribution >= 0.6 is 11.5 Å². The van der Waals surface area contributed by atoms with Gasteiger partial charge < -0.3 is 0 Å². The molecule has 5 heteroatoms. The molecule has 1 aromatic rings. The Morgan fingerprint density at radius 3 is 3.21 bits per heavy atom. The number of halogens is 1. The smallest absolute Gasteiger partial charge is 0.120 e. The van der Waals surface area contributed by atoms with E-state index in [0.29, 0.717) is 13.0 Å². The summed E-state index contributed by atoms with van der Waals surface area (Å²) in [5.41, 5.74) is -1.02. The highest BCUT2D eigenvalue weighted by Crippen LogP contribution is 2.25. The summed E-state index contributed by atoms with van der Waals surface area (Å²) >= 11 is 1.39. The summed E-state index contributed by atoms with van der Waals surface area (Å²) in [5, 5.41) is 3.77. The normalized spacial score (nSPS) is 29.3. The predicted molar refractivity (Wildman–Crippen MR) is 53.9 cm³/mol. The summed E-state index contributed by atoms with van der Waals surface area (Å²) in [4.78, 5) is 3.25. The van der Waals surface area contributed by atoms with Crippen LogP contribution in [-0.2, 0) is 6.54 Å². The molecule has 1 aliphatic heterocycles. The maximum atomic E-state index is 13.7. The molecule has 14 heavy (non-hydrogen) atoms. The maximum Gasteiger partial charge on any atom is 0.120 e.